The van der Waals surface area contributed by atoms with E-state index >= 15 is 0 Å². The zero-order valence-electron chi connectivity index (χ0n) is 41.2. The van der Waals surface area contributed by atoms with Crippen molar-refractivity contribution in [3.05, 3.63) is 123 Å². The van der Waals surface area contributed by atoms with Gasteiger partial charge in [0.25, 0.3) is 0 Å². The summed E-state index contributed by atoms with van der Waals surface area (Å²) in [6, 6.07) is 5.72. The maximum Gasteiger partial charge on any atom is 0.414 e. The Hall–Kier alpha value is -4.74. The van der Waals surface area contributed by atoms with Gasteiger partial charge in [0.15, 0.2) is 0 Å². The molecule has 1 aromatic carbocycles. The first-order valence-corrected chi connectivity index (χ1v) is 24.0. The van der Waals surface area contributed by atoms with Crippen molar-refractivity contribution in [1.82, 2.24) is 9.80 Å². The number of thioether (sulfide) groups is 1. The molecule has 10 nitrogen and oxygen atoms in total. The molecule has 0 aromatic heterocycles. The number of amides is 1. The maximum atomic E-state index is 13.8. The van der Waals surface area contributed by atoms with Crippen LogP contribution in [0.1, 0.15) is 123 Å². The molecule has 352 valence electrons. The summed E-state index contributed by atoms with van der Waals surface area (Å²) >= 11 is 1.86. The minimum absolute atomic E-state index is 0.310. The second kappa shape index (κ2) is 24.5. The van der Waals surface area contributed by atoms with Crippen LogP contribution in [0.2, 0.25) is 0 Å². The third kappa shape index (κ3) is 14.1. The molecule has 4 rings (SSSR count). The second-order valence-corrected chi connectivity index (χ2v) is 19.6. The van der Waals surface area contributed by atoms with Gasteiger partial charge in [0.05, 0.1) is 25.5 Å². The Kier molecular flexibility index (Phi) is 20.5. The summed E-state index contributed by atoms with van der Waals surface area (Å²) in [5, 5.41) is 10.6. The molecule has 11 heteroatoms. The number of hydrogen-bond acceptors (Lipinski definition) is 10. The SMILES string of the molecule is C=C(/C=C/C1=C(N(C)C(=O)OC(C)(C)C)C(=C/C=C2/N(CCCCSC)C3=C(C=C(C(=O)OC)CC=C3)C2(C)C)/CC1)C(C)(C)Cc1cc(C(=O)OC)ccc1NCCCCC.CO. The summed E-state index contributed by atoms with van der Waals surface area (Å²) in [6.45, 7) is 22.9. The third-order valence-electron chi connectivity index (χ3n) is 11.9. The van der Waals surface area contributed by atoms with E-state index in [1.54, 1.807) is 11.9 Å². The van der Waals surface area contributed by atoms with Crippen LogP contribution in [0.3, 0.4) is 0 Å². The third-order valence-corrected chi connectivity index (χ3v) is 12.6. The van der Waals surface area contributed by atoms with Gasteiger partial charge in [-0.05, 0) is 147 Å². The maximum absolute atomic E-state index is 13.8. The van der Waals surface area contributed by atoms with Crippen LogP contribution in [0.15, 0.2) is 112 Å². The first-order valence-electron chi connectivity index (χ1n) is 22.6. The van der Waals surface area contributed by atoms with Gasteiger partial charge in [-0.1, -0.05) is 78.3 Å². The number of esters is 2. The smallest absolute Gasteiger partial charge is 0.414 e. The van der Waals surface area contributed by atoms with E-state index in [-0.39, 0.29) is 17.4 Å². The van der Waals surface area contributed by atoms with E-state index < -0.39 is 17.1 Å². The number of aliphatic hydroxyl groups is 1. The minimum atomic E-state index is -0.669. The topological polar surface area (TPSA) is 118 Å². The zero-order chi connectivity index (χ0) is 47.8. The number of nitrogens with zero attached hydrogens (tertiary/aromatic N) is 2. The van der Waals surface area contributed by atoms with Crippen LogP contribution in [-0.4, -0.2) is 92.0 Å². The summed E-state index contributed by atoms with van der Waals surface area (Å²) < 4.78 is 16.1. The number of hydrogen-bond donors (Lipinski definition) is 2. The molecule has 0 saturated heterocycles. The Bertz CT molecular complexity index is 2060. The fraction of sp³-hybridized carbons (Fsp3) is 0.528. The molecular weight excluding hydrogens is 823 g/mol. The van der Waals surface area contributed by atoms with E-state index in [2.05, 4.69) is 94.1 Å². The van der Waals surface area contributed by atoms with Gasteiger partial charge in [0.1, 0.15) is 5.60 Å². The lowest BCUT2D eigenvalue weighted by atomic mass is 9.78. The van der Waals surface area contributed by atoms with Crippen molar-refractivity contribution in [2.45, 2.75) is 119 Å². The number of anilines is 1. The van der Waals surface area contributed by atoms with Crippen molar-refractivity contribution in [3.8, 4) is 0 Å². The largest absolute Gasteiger partial charge is 0.466 e. The number of methoxy groups -OCH3 is 2. The Morgan fingerprint density at radius 3 is 2.34 bits per heavy atom. The number of carbonyl (C=O) groups excluding carboxylic acids is 3. The Labute approximate surface area is 389 Å². The Balaban J connectivity index is 0.00000537. The first kappa shape index (κ1) is 53.6. The molecule has 2 aliphatic carbocycles. The molecule has 0 spiro atoms. The number of carbonyl (C=O) groups is 3. The molecule has 1 heterocycles. The van der Waals surface area contributed by atoms with E-state index in [4.69, 9.17) is 19.3 Å². The average molecular weight is 900 g/mol. The second-order valence-electron chi connectivity index (χ2n) is 18.6. The molecule has 0 radical (unpaired) electrons. The number of ether oxygens (including phenoxy) is 3. The van der Waals surface area contributed by atoms with Crippen molar-refractivity contribution < 1.29 is 33.7 Å². The molecule has 0 unspecified atom stereocenters. The standard InChI is InChI=1S/C52H73N3O6S.CH4O/c1-14-15-16-30-53-43-28-26-40(48(57)60-12)33-41(43)35-51(6,7)36(2)22-23-37-24-25-38(46(37)54(10)49(58)61-50(3,4)5)27-29-45-52(8,9)42-34-39(47(56)59-11)20-19-21-44(42)55(45)31-17-18-32-62-13;1-2/h19,21-23,26-29,33-34,53H,2,14-18,20,24-25,30-32,35H2,1,3-13H3;2H,1H3/b23-22+,38-27+,45-29+;. The van der Waals surface area contributed by atoms with Gasteiger partial charge in [-0.3, -0.25) is 4.90 Å². The molecule has 3 aliphatic rings. The molecule has 0 saturated carbocycles. The van der Waals surface area contributed by atoms with E-state index in [9.17, 15) is 14.4 Å². The van der Waals surface area contributed by atoms with Gasteiger partial charge in [-0.15, -0.1) is 0 Å². The van der Waals surface area contributed by atoms with Crippen LogP contribution in [0, 0.1) is 10.8 Å². The molecule has 1 aromatic rings. The molecule has 1 amide bonds. The van der Waals surface area contributed by atoms with Crippen molar-refractivity contribution in [2.24, 2.45) is 10.8 Å². The van der Waals surface area contributed by atoms with Crippen LogP contribution in [-0.2, 0) is 25.4 Å². The van der Waals surface area contributed by atoms with E-state index in [0.717, 1.165) is 122 Å². The minimum Gasteiger partial charge on any atom is -0.466 e. The molecular formula is C53H77N3O7S. The fourth-order valence-corrected chi connectivity index (χ4v) is 8.70. The van der Waals surface area contributed by atoms with Gasteiger partial charge in [-0.25, -0.2) is 14.4 Å². The van der Waals surface area contributed by atoms with Gasteiger partial charge >= 0.3 is 18.0 Å². The van der Waals surface area contributed by atoms with Crippen LogP contribution in [0.25, 0.3) is 0 Å². The van der Waals surface area contributed by atoms with Crippen molar-refractivity contribution in [3.63, 3.8) is 0 Å². The number of allylic oxidation sites excluding steroid dienone is 11. The molecule has 1 aliphatic heterocycles. The summed E-state index contributed by atoms with van der Waals surface area (Å²) in [5.74, 6) is 0.423. The lowest BCUT2D eigenvalue weighted by molar-refractivity contribution is -0.136. The number of aliphatic hydroxyl groups excluding tert-OH is 1. The van der Waals surface area contributed by atoms with Crippen LogP contribution >= 0.6 is 11.8 Å². The zero-order valence-corrected chi connectivity index (χ0v) is 42.0. The monoisotopic (exact) mass is 900 g/mol. The number of unbranched alkanes of at least 4 members (excludes halogenated alkanes) is 3. The predicted octanol–water partition coefficient (Wildman–Crippen LogP) is 11.9. The number of benzene rings is 1. The van der Waals surface area contributed by atoms with Gasteiger partial charge < -0.3 is 29.5 Å². The highest BCUT2D eigenvalue weighted by molar-refractivity contribution is 7.98. The molecule has 0 bridgehead atoms. The molecule has 0 fully saturated rings. The summed E-state index contributed by atoms with van der Waals surface area (Å²) in [5.41, 5.74) is 8.89. The Morgan fingerprint density at radius 2 is 1.70 bits per heavy atom. The number of nitrogens with one attached hydrogen (secondary N) is 1. The van der Waals surface area contributed by atoms with Crippen LogP contribution in [0.4, 0.5) is 10.5 Å². The average Bonchev–Trinajstić information content (AvgIpc) is 3.63. The normalized spacial score (nSPS) is 17.3. The number of likely N-dealkylation sites (N-methyl/N-ethyl adjacent to an activating group) is 1. The summed E-state index contributed by atoms with van der Waals surface area (Å²) in [6.07, 6.45) is 24.6. The van der Waals surface area contributed by atoms with E-state index in [1.165, 1.54) is 14.2 Å². The lowest BCUT2D eigenvalue weighted by Crippen LogP contribution is -2.34. The summed E-state index contributed by atoms with van der Waals surface area (Å²) in [7, 11) is 5.62. The van der Waals surface area contributed by atoms with Crippen molar-refractivity contribution >= 4 is 35.5 Å². The molecule has 0 atom stereocenters. The number of rotatable bonds is 19. The van der Waals surface area contributed by atoms with Gasteiger partial charge in [-0.2, -0.15) is 11.8 Å². The Morgan fingerprint density at radius 1 is 1.00 bits per heavy atom. The fourth-order valence-electron chi connectivity index (χ4n) is 8.21. The highest BCUT2D eigenvalue weighted by atomic mass is 32.2. The lowest BCUT2D eigenvalue weighted by Gasteiger charge is -2.29. The van der Waals surface area contributed by atoms with E-state index in [1.807, 2.05) is 56.8 Å². The highest BCUT2D eigenvalue weighted by Crippen LogP contribution is 2.50. The predicted molar refractivity (Wildman–Crippen MR) is 265 cm³/mol. The van der Waals surface area contributed by atoms with Crippen LogP contribution in [0.5, 0.6) is 0 Å². The highest BCUT2D eigenvalue weighted by Gasteiger charge is 2.41. The van der Waals surface area contributed by atoms with Crippen LogP contribution < -0.4 is 5.32 Å². The van der Waals surface area contributed by atoms with E-state index in [0.29, 0.717) is 24.0 Å². The van der Waals surface area contributed by atoms with Gasteiger partial charge in [0.2, 0.25) is 0 Å². The van der Waals surface area contributed by atoms with Crippen molar-refractivity contribution in [1.29, 1.82) is 0 Å². The first-order chi connectivity index (χ1) is 30.3. The van der Waals surface area contributed by atoms with Gasteiger partial charge in [0, 0.05) is 55.3 Å². The van der Waals surface area contributed by atoms with Crippen molar-refractivity contribution in [2.75, 3.05) is 58.8 Å². The molecule has 2 N–H and O–H groups in total. The molecule has 64 heavy (non-hydrogen) atoms. The summed E-state index contributed by atoms with van der Waals surface area (Å²) in [4.78, 5) is 43.2. The quantitative estimate of drug-likeness (QED) is 0.0601.